The van der Waals surface area contributed by atoms with Crippen molar-refractivity contribution in [1.82, 2.24) is 24.4 Å². The van der Waals surface area contributed by atoms with Crippen LogP contribution >= 0.6 is 0 Å². The number of amides is 1. The zero-order valence-corrected chi connectivity index (χ0v) is 16.7. The second kappa shape index (κ2) is 8.92. The molecule has 0 spiro atoms. The number of carbonyl (C=O) groups is 1. The molecule has 1 aromatic carbocycles. The molecule has 0 bridgehead atoms. The molecule has 0 fully saturated rings. The largest absolute Gasteiger partial charge is 0.304 e. The Labute approximate surface area is 187 Å². The van der Waals surface area contributed by atoms with Gasteiger partial charge in [-0.05, 0) is 6.07 Å². The van der Waals surface area contributed by atoms with Gasteiger partial charge in [-0.15, -0.1) is 0 Å². The molecule has 3 heterocycles. The molecule has 184 valence electrons. The minimum atomic E-state index is -3.22. The molecule has 0 saturated heterocycles. The van der Waals surface area contributed by atoms with E-state index >= 15 is 0 Å². The molecule has 0 aliphatic rings. The Bertz CT molecular complexity index is 1420. The molecular weight excluding hydrogens is 499 g/mol. The van der Waals surface area contributed by atoms with Gasteiger partial charge in [0.05, 0.1) is 12.1 Å². The van der Waals surface area contributed by atoms with Gasteiger partial charge in [0.25, 0.3) is 18.8 Å². The normalized spacial score (nSPS) is 11.7. The van der Waals surface area contributed by atoms with E-state index in [0.717, 1.165) is 23.0 Å². The molecule has 7 nitrogen and oxygen atoms in total. The summed E-state index contributed by atoms with van der Waals surface area (Å²) in [7, 11) is 0. The van der Waals surface area contributed by atoms with Crippen molar-refractivity contribution in [3.05, 3.63) is 76.1 Å². The van der Waals surface area contributed by atoms with Crippen LogP contribution in [0.2, 0.25) is 0 Å². The third kappa shape index (κ3) is 4.38. The number of hydrogen-bond acceptors (Lipinski definition) is 4. The fraction of sp³-hybridized carbons (Fsp3) is 0.158. The first kappa shape index (κ1) is 24.0. The third-order valence-electron chi connectivity index (χ3n) is 4.66. The van der Waals surface area contributed by atoms with E-state index in [0.29, 0.717) is 10.6 Å². The maximum absolute atomic E-state index is 13.8. The van der Waals surface area contributed by atoms with Gasteiger partial charge in [-0.25, -0.2) is 49.0 Å². The highest BCUT2D eigenvalue weighted by Gasteiger charge is 2.26. The summed E-state index contributed by atoms with van der Waals surface area (Å²) in [5, 5.41) is 9.50. The van der Waals surface area contributed by atoms with Crippen molar-refractivity contribution < 1.29 is 44.3 Å². The Morgan fingerprint density at radius 3 is 2.11 bits per heavy atom. The number of nitrogens with zero attached hydrogens (tertiary/aromatic N) is 5. The van der Waals surface area contributed by atoms with E-state index in [2.05, 4.69) is 20.5 Å². The zero-order chi connectivity index (χ0) is 25.6. The summed E-state index contributed by atoms with van der Waals surface area (Å²) in [4.78, 5) is 15.9. The lowest BCUT2D eigenvalue weighted by atomic mass is 10.1. The van der Waals surface area contributed by atoms with Crippen LogP contribution in [0.3, 0.4) is 0 Å². The molecule has 0 radical (unpaired) electrons. The van der Waals surface area contributed by atoms with Gasteiger partial charge in [0.1, 0.15) is 11.4 Å². The summed E-state index contributed by atoms with van der Waals surface area (Å²) in [6.45, 7) is -0.895. The van der Waals surface area contributed by atoms with E-state index in [-0.39, 0.29) is 5.82 Å². The first-order chi connectivity index (χ1) is 16.5. The van der Waals surface area contributed by atoms with Crippen molar-refractivity contribution in [2.24, 2.45) is 0 Å². The Balaban J connectivity index is 1.58. The van der Waals surface area contributed by atoms with Crippen LogP contribution < -0.4 is 5.32 Å². The number of nitrogens with one attached hydrogen (secondary N) is 1. The van der Waals surface area contributed by atoms with Crippen molar-refractivity contribution in [3.63, 3.8) is 0 Å². The van der Waals surface area contributed by atoms with Gasteiger partial charge in [-0.3, -0.25) is 9.48 Å². The van der Waals surface area contributed by atoms with Crippen LogP contribution in [0.25, 0.3) is 5.65 Å². The Morgan fingerprint density at radius 1 is 0.886 bits per heavy atom. The van der Waals surface area contributed by atoms with Crippen molar-refractivity contribution in [2.45, 2.75) is 19.4 Å². The number of alkyl halides is 4. The third-order valence-corrected chi connectivity index (χ3v) is 4.66. The van der Waals surface area contributed by atoms with Gasteiger partial charge in [0.15, 0.2) is 40.4 Å². The molecule has 0 saturated carbocycles. The summed E-state index contributed by atoms with van der Waals surface area (Å²) in [6, 6.07) is 2.40. The molecule has 16 heteroatoms. The number of benzene rings is 1. The molecule has 1 N–H and O–H groups in total. The predicted molar refractivity (Wildman–Crippen MR) is 98.4 cm³/mol. The number of fused-ring (bicyclic) bond motifs is 1. The van der Waals surface area contributed by atoms with Crippen LogP contribution in [0.15, 0.2) is 24.4 Å². The molecule has 0 aliphatic carbocycles. The number of carbonyl (C=O) groups excluding carboxylic acids is 1. The first-order valence-electron chi connectivity index (χ1n) is 9.30. The summed E-state index contributed by atoms with van der Waals surface area (Å²) in [6.07, 6.45) is -5.33. The molecule has 4 aromatic rings. The Morgan fingerprint density at radius 2 is 1.51 bits per heavy atom. The SMILES string of the molecule is O=C(Nc1ccn(Cc2c(F)c(F)c(F)c(F)c2F)n1)c1cc2nc(C(F)F)cc(C(F)F)n2n1. The maximum Gasteiger partial charge on any atom is 0.280 e. The lowest BCUT2D eigenvalue weighted by molar-refractivity contribution is 0.102. The Kier molecular flexibility index (Phi) is 6.12. The van der Waals surface area contributed by atoms with Crippen LogP contribution in [0.4, 0.5) is 45.3 Å². The van der Waals surface area contributed by atoms with Gasteiger partial charge in [0.2, 0.25) is 5.82 Å². The molecule has 4 rings (SSSR count). The van der Waals surface area contributed by atoms with E-state index < -0.39 is 82.7 Å². The van der Waals surface area contributed by atoms with Crippen molar-refractivity contribution in [1.29, 1.82) is 0 Å². The first-order valence-corrected chi connectivity index (χ1v) is 9.30. The average molecular weight is 508 g/mol. The molecule has 0 atom stereocenters. The lowest BCUT2D eigenvalue weighted by Gasteiger charge is -2.08. The average Bonchev–Trinajstić information content (AvgIpc) is 3.45. The van der Waals surface area contributed by atoms with Crippen molar-refractivity contribution >= 4 is 17.4 Å². The second-order valence-electron chi connectivity index (χ2n) is 6.91. The fourth-order valence-electron chi connectivity index (χ4n) is 3.04. The highest BCUT2D eigenvalue weighted by Crippen LogP contribution is 2.26. The number of anilines is 1. The van der Waals surface area contributed by atoms with Crippen LogP contribution in [0.1, 0.15) is 40.3 Å². The molecule has 3 aromatic heterocycles. The van der Waals surface area contributed by atoms with Gasteiger partial charge in [-0.2, -0.15) is 10.2 Å². The molecule has 0 aliphatic heterocycles. The number of rotatable bonds is 6. The van der Waals surface area contributed by atoms with Crippen LogP contribution in [-0.2, 0) is 6.54 Å². The molecular formula is C19H9F9N6O. The van der Waals surface area contributed by atoms with Crippen molar-refractivity contribution in [2.75, 3.05) is 5.32 Å². The maximum atomic E-state index is 13.8. The van der Waals surface area contributed by atoms with Crippen LogP contribution in [0.5, 0.6) is 0 Å². The van der Waals surface area contributed by atoms with Gasteiger partial charge < -0.3 is 5.32 Å². The molecule has 35 heavy (non-hydrogen) atoms. The second-order valence-corrected chi connectivity index (χ2v) is 6.91. The number of aromatic nitrogens is 5. The summed E-state index contributed by atoms with van der Waals surface area (Å²) < 4.78 is 121. The van der Waals surface area contributed by atoms with Gasteiger partial charge in [0, 0.05) is 18.3 Å². The highest BCUT2D eigenvalue weighted by molar-refractivity contribution is 6.02. The number of halogens is 9. The Hall–Kier alpha value is -4.11. The monoisotopic (exact) mass is 508 g/mol. The summed E-state index contributed by atoms with van der Waals surface area (Å²) in [5.41, 5.74) is -4.04. The predicted octanol–water partition coefficient (Wildman–Crippen LogP) is 4.80. The van der Waals surface area contributed by atoms with Gasteiger partial charge >= 0.3 is 0 Å². The minimum Gasteiger partial charge on any atom is -0.304 e. The van der Waals surface area contributed by atoms with Gasteiger partial charge in [-0.1, -0.05) is 0 Å². The molecule has 0 unspecified atom stereocenters. The van der Waals surface area contributed by atoms with E-state index in [4.69, 9.17) is 0 Å². The lowest BCUT2D eigenvalue weighted by Crippen LogP contribution is -2.15. The quantitative estimate of drug-likeness (QED) is 0.231. The summed E-state index contributed by atoms with van der Waals surface area (Å²) >= 11 is 0. The van der Waals surface area contributed by atoms with E-state index in [1.165, 1.54) is 0 Å². The minimum absolute atomic E-state index is 0.272. The molecule has 1 amide bonds. The van der Waals surface area contributed by atoms with Crippen LogP contribution in [-0.4, -0.2) is 30.3 Å². The van der Waals surface area contributed by atoms with E-state index in [1.54, 1.807) is 0 Å². The zero-order valence-electron chi connectivity index (χ0n) is 16.7. The standard InChI is InChI=1S/C19H9F9N6O/c20-12-6(13(21)15(23)16(24)14(12)22)5-33-2-1-10(32-33)30-19(35)8-4-11-29-7(17(25)26)3-9(18(27)28)34(11)31-8/h1-4,17-18H,5H2,(H,30,32,35). The van der Waals surface area contributed by atoms with Crippen LogP contribution in [0, 0.1) is 29.1 Å². The topological polar surface area (TPSA) is 77.1 Å². The van der Waals surface area contributed by atoms with Crippen molar-refractivity contribution in [3.8, 4) is 0 Å². The number of hydrogen-bond donors (Lipinski definition) is 1. The van der Waals surface area contributed by atoms with E-state index in [1.807, 2.05) is 0 Å². The highest BCUT2D eigenvalue weighted by atomic mass is 19.3. The summed E-state index contributed by atoms with van der Waals surface area (Å²) in [5.74, 6) is -12.0. The van der Waals surface area contributed by atoms with E-state index in [9.17, 15) is 44.3 Å². The fourth-order valence-corrected chi connectivity index (χ4v) is 3.04. The smallest absolute Gasteiger partial charge is 0.280 e.